The highest BCUT2D eigenvalue weighted by Crippen LogP contribution is 2.16. The van der Waals surface area contributed by atoms with E-state index in [0.29, 0.717) is 42.8 Å². The number of pyridine rings is 1. The quantitative estimate of drug-likeness (QED) is 0.943. The molecule has 1 saturated heterocycles. The summed E-state index contributed by atoms with van der Waals surface area (Å²) in [7, 11) is 0. The average Bonchev–Trinajstić information content (AvgIpc) is 2.81. The number of aromatic nitrogens is 1. The lowest BCUT2D eigenvalue weighted by molar-refractivity contribution is 0.0753. The number of carbonyl (C=O) groups is 1. The molecular formula is C19H21FN2O2. The summed E-state index contributed by atoms with van der Waals surface area (Å²) in [4.78, 5) is 18.7. The van der Waals surface area contributed by atoms with Gasteiger partial charge in [-0.1, -0.05) is 18.2 Å². The van der Waals surface area contributed by atoms with Gasteiger partial charge in [-0.2, -0.15) is 0 Å². The van der Waals surface area contributed by atoms with E-state index in [-0.39, 0.29) is 17.8 Å². The predicted octanol–water partition coefficient (Wildman–Crippen LogP) is 2.80. The summed E-state index contributed by atoms with van der Waals surface area (Å²) < 4.78 is 13.8. The molecule has 0 aliphatic carbocycles. The van der Waals surface area contributed by atoms with Gasteiger partial charge in [0.25, 0.3) is 5.91 Å². The Morgan fingerprint density at radius 3 is 2.92 bits per heavy atom. The molecule has 5 heteroatoms. The van der Waals surface area contributed by atoms with Crippen LogP contribution in [0.3, 0.4) is 0 Å². The SMILES string of the molecule is O=C(c1ccnc(Cc2ccccc2F)c1)N1CCC[C@@H](O)CC1. The summed E-state index contributed by atoms with van der Waals surface area (Å²) in [6, 6.07) is 10.0. The number of hydrogen-bond acceptors (Lipinski definition) is 3. The lowest BCUT2D eigenvalue weighted by Gasteiger charge is -2.20. The van der Waals surface area contributed by atoms with Crippen LogP contribution in [0.4, 0.5) is 4.39 Å². The van der Waals surface area contributed by atoms with Crippen LogP contribution in [0.5, 0.6) is 0 Å². The standard InChI is InChI=1S/C19H21FN2O2/c20-18-6-2-1-4-14(18)12-16-13-15(7-9-21-16)19(24)22-10-3-5-17(23)8-11-22/h1-2,4,6-7,9,13,17,23H,3,5,8,10-12H2/t17-/m1/s1. The van der Waals surface area contributed by atoms with Gasteiger partial charge in [0.1, 0.15) is 5.82 Å². The molecule has 126 valence electrons. The number of carbonyl (C=O) groups excluding carboxylic acids is 1. The highest BCUT2D eigenvalue weighted by atomic mass is 19.1. The highest BCUT2D eigenvalue weighted by Gasteiger charge is 2.20. The topological polar surface area (TPSA) is 53.4 Å². The van der Waals surface area contributed by atoms with E-state index >= 15 is 0 Å². The molecule has 1 aromatic carbocycles. The molecule has 1 N–H and O–H groups in total. The van der Waals surface area contributed by atoms with Crippen molar-refractivity contribution in [3.8, 4) is 0 Å². The van der Waals surface area contributed by atoms with Crippen molar-refractivity contribution in [3.05, 3.63) is 65.2 Å². The fraction of sp³-hybridized carbons (Fsp3) is 0.368. The number of aliphatic hydroxyl groups excluding tert-OH is 1. The molecule has 1 fully saturated rings. The molecule has 0 radical (unpaired) electrons. The molecule has 2 aromatic rings. The molecule has 0 bridgehead atoms. The Morgan fingerprint density at radius 2 is 2.08 bits per heavy atom. The first-order valence-electron chi connectivity index (χ1n) is 8.29. The van der Waals surface area contributed by atoms with Gasteiger partial charge < -0.3 is 10.0 Å². The minimum Gasteiger partial charge on any atom is -0.393 e. The van der Waals surface area contributed by atoms with Crippen LogP contribution in [0.1, 0.15) is 40.9 Å². The number of aliphatic hydroxyl groups is 1. The fourth-order valence-electron chi connectivity index (χ4n) is 3.01. The van der Waals surface area contributed by atoms with Crippen LogP contribution in [-0.2, 0) is 6.42 Å². The summed E-state index contributed by atoms with van der Waals surface area (Å²) in [5.41, 5.74) is 1.79. The summed E-state index contributed by atoms with van der Waals surface area (Å²) in [6.45, 7) is 1.21. The Balaban J connectivity index is 1.75. The lowest BCUT2D eigenvalue weighted by Crippen LogP contribution is -2.32. The zero-order chi connectivity index (χ0) is 16.9. The summed E-state index contributed by atoms with van der Waals surface area (Å²) in [5, 5.41) is 9.71. The van der Waals surface area contributed by atoms with Crippen LogP contribution < -0.4 is 0 Å². The molecule has 4 nitrogen and oxygen atoms in total. The van der Waals surface area contributed by atoms with E-state index in [1.54, 1.807) is 41.4 Å². The molecule has 24 heavy (non-hydrogen) atoms. The molecule has 3 rings (SSSR count). The zero-order valence-corrected chi connectivity index (χ0v) is 13.5. The normalized spacial score (nSPS) is 18.2. The Bertz CT molecular complexity index is 720. The Morgan fingerprint density at radius 1 is 1.25 bits per heavy atom. The maximum atomic E-state index is 13.8. The largest absolute Gasteiger partial charge is 0.393 e. The van der Waals surface area contributed by atoms with Gasteiger partial charge >= 0.3 is 0 Å². The monoisotopic (exact) mass is 328 g/mol. The Labute approximate surface area is 141 Å². The van der Waals surface area contributed by atoms with E-state index in [4.69, 9.17) is 0 Å². The van der Waals surface area contributed by atoms with E-state index in [1.165, 1.54) is 6.07 Å². The third-order valence-electron chi connectivity index (χ3n) is 4.38. The van der Waals surface area contributed by atoms with Crippen LogP contribution in [0.25, 0.3) is 0 Å². The first kappa shape index (κ1) is 16.6. The van der Waals surface area contributed by atoms with E-state index in [9.17, 15) is 14.3 Å². The number of nitrogens with zero attached hydrogens (tertiary/aromatic N) is 2. The molecular weight excluding hydrogens is 307 g/mol. The second-order valence-electron chi connectivity index (χ2n) is 6.18. The number of amides is 1. The number of halogens is 1. The highest BCUT2D eigenvalue weighted by molar-refractivity contribution is 5.94. The molecule has 1 aromatic heterocycles. The third-order valence-corrected chi connectivity index (χ3v) is 4.38. The van der Waals surface area contributed by atoms with Crippen LogP contribution in [-0.4, -0.2) is 40.1 Å². The maximum Gasteiger partial charge on any atom is 0.253 e. The average molecular weight is 328 g/mol. The Hall–Kier alpha value is -2.27. The molecule has 1 amide bonds. The number of rotatable bonds is 3. The molecule has 2 heterocycles. The molecule has 1 atom stereocenters. The second kappa shape index (κ2) is 7.53. The van der Waals surface area contributed by atoms with Gasteiger partial charge in [0.15, 0.2) is 0 Å². The van der Waals surface area contributed by atoms with Gasteiger partial charge in [0, 0.05) is 37.0 Å². The van der Waals surface area contributed by atoms with Gasteiger partial charge in [0.2, 0.25) is 0 Å². The smallest absolute Gasteiger partial charge is 0.253 e. The molecule has 1 aliphatic rings. The van der Waals surface area contributed by atoms with Gasteiger partial charge in [-0.15, -0.1) is 0 Å². The molecule has 0 spiro atoms. The van der Waals surface area contributed by atoms with Gasteiger partial charge in [-0.3, -0.25) is 9.78 Å². The second-order valence-corrected chi connectivity index (χ2v) is 6.18. The maximum absolute atomic E-state index is 13.8. The van der Waals surface area contributed by atoms with Gasteiger partial charge in [0.05, 0.1) is 6.10 Å². The van der Waals surface area contributed by atoms with Crippen molar-refractivity contribution in [2.75, 3.05) is 13.1 Å². The van der Waals surface area contributed by atoms with Crippen LogP contribution in [0.2, 0.25) is 0 Å². The number of hydrogen-bond donors (Lipinski definition) is 1. The first-order valence-corrected chi connectivity index (χ1v) is 8.29. The lowest BCUT2D eigenvalue weighted by atomic mass is 10.1. The van der Waals surface area contributed by atoms with Crippen molar-refractivity contribution < 1.29 is 14.3 Å². The van der Waals surface area contributed by atoms with E-state index in [0.717, 1.165) is 12.8 Å². The van der Waals surface area contributed by atoms with Crippen molar-refractivity contribution in [2.24, 2.45) is 0 Å². The predicted molar refractivity (Wildman–Crippen MR) is 89.2 cm³/mol. The summed E-state index contributed by atoms with van der Waals surface area (Å²) in [6.07, 6.45) is 3.78. The van der Waals surface area contributed by atoms with Crippen molar-refractivity contribution in [1.29, 1.82) is 0 Å². The minimum atomic E-state index is -0.322. The van der Waals surface area contributed by atoms with Crippen molar-refractivity contribution >= 4 is 5.91 Å². The van der Waals surface area contributed by atoms with E-state index in [2.05, 4.69) is 4.98 Å². The van der Waals surface area contributed by atoms with Gasteiger partial charge in [-0.05, 0) is 43.0 Å². The van der Waals surface area contributed by atoms with Crippen molar-refractivity contribution in [2.45, 2.75) is 31.8 Å². The van der Waals surface area contributed by atoms with Crippen molar-refractivity contribution in [3.63, 3.8) is 0 Å². The molecule has 0 saturated carbocycles. The number of benzene rings is 1. The Kier molecular flexibility index (Phi) is 5.20. The minimum absolute atomic E-state index is 0.0544. The van der Waals surface area contributed by atoms with Crippen LogP contribution in [0.15, 0.2) is 42.6 Å². The van der Waals surface area contributed by atoms with Crippen molar-refractivity contribution in [1.82, 2.24) is 9.88 Å². The van der Waals surface area contributed by atoms with E-state index < -0.39 is 0 Å². The number of likely N-dealkylation sites (tertiary alicyclic amines) is 1. The van der Waals surface area contributed by atoms with Crippen LogP contribution in [0, 0.1) is 5.82 Å². The van der Waals surface area contributed by atoms with Crippen LogP contribution >= 0.6 is 0 Å². The van der Waals surface area contributed by atoms with Gasteiger partial charge in [-0.25, -0.2) is 4.39 Å². The summed E-state index contributed by atoms with van der Waals surface area (Å²) in [5.74, 6) is -0.321. The molecule has 0 unspecified atom stereocenters. The zero-order valence-electron chi connectivity index (χ0n) is 13.5. The first-order chi connectivity index (χ1) is 11.6. The van der Waals surface area contributed by atoms with E-state index in [1.807, 2.05) is 0 Å². The molecule has 1 aliphatic heterocycles. The fourth-order valence-corrected chi connectivity index (χ4v) is 3.01. The summed E-state index contributed by atoms with van der Waals surface area (Å²) >= 11 is 0. The third kappa shape index (κ3) is 3.97.